The third-order valence-corrected chi connectivity index (χ3v) is 1.04. The van der Waals surface area contributed by atoms with E-state index in [0.29, 0.717) is 0 Å². The first-order chi connectivity index (χ1) is 4.93. The van der Waals surface area contributed by atoms with Gasteiger partial charge in [0.15, 0.2) is 0 Å². The van der Waals surface area contributed by atoms with E-state index in [1.807, 2.05) is 42.2 Å². The van der Waals surface area contributed by atoms with Crippen molar-refractivity contribution >= 4 is 22.0 Å². The standard InChI is InChI=1S/C8H8.CH3Br/c1-2-8-6-4-3-5-7-8;1-2/h2-7H,1H2;1H3. The van der Waals surface area contributed by atoms with Crippen LogP contribution in [0.2, 0.25) is 0 Å². The maximum Gasteiger partial charge on any atom is -0.00848 e. The molecule has 0 spiro atoms. The van der Waals surface area contributed by atoms with Crippen LogP contribution in [0.15, 0.2) is 36.9 Å². The molecular weight excluding hydrogens is 188 g/mol. The highest BCUT2D eigenvalue weighted by Crippen LogP contribution is 1.97. The van der Waals surface area contributed by atoms with Crippen molar-refractivity contribution in [2.45, 2.75) is 0 Å². The summed E-state index contributed by atoms with van der Waals surface area (Å²) in [6.07, 6.45) is 1.83. The van der Waals surface area contributed by atoms with Gasteiger partial charge in [0.25, 0.3) is 0 Å². The van der Waals surface area contributed by atoms with E-state index in [4.69, 9.17) is 0 Å². The molecule has 0 aliphatic heterocycles. The number of halogens is 1. The molecular formula is C9H11Br. The summed E-state index contributed by atoms with van der Waals surface area (Å²) in [5.41, 5.74) is 1.17. The number of hydrogen-bond donors (Lipinski definition) is 0. The molecule has 0 aliphatic rings. The van der Waals surface area contributed by atoms with Gasteiger partial charge >= 0.3 is 0 Å². The first kappa shape index (κ1) is 9.44. The molecule has 0 aliphatic carbocycles. The molecule has 1 aromatic rings. The minimum atomic E-state index is 1.17. The van der Waals surface area contributed by atoms with E-state index in [-0.39, 0.29) is 0 Å². The maximum absolute atomic E-state index is 3.63. The van der Waals surface area contributed by atoms with Crippen LogP contribution in [0.4, 0.5) is 0 Å². The predicted molar refractivity (Wildman–Crippen MR) is 51.4 cm³/mol. The van der Waals surface area contributed by atoms with E-state index in [1.54, 1.807) is 0 Å². The average molecular weight is 199 g/mol. The van der Waals surface area contributed by atoms with Gasteiger partial charge in [-0.25, -0.2) is 0 Å². The van der Waals surface area contributed by atoms with E-state index in [0.717, 1.165) is 0 Å². The second-order valence-corrected chi connectivity index (χ2v) is 1.61. The second-order valence-electron chi connectivity index (χ2n) is 1.61. The van der Waals surface area contributed by atoms with Gasteiger partial charge in [-0.1, -0.05) is 58.9 Å². The Hall–Kier alpha value is -0.560. The average Bonchev–Trinajstić information content (AvgIpc) is 2.10. The Morgan fingerprint density at radius 3 is 2.00 bits per heavy atom. The van der Waals surface area contributed by atoms with E-state index < -0.39 is 0 Å². The molecule has 0 nitrogen and oxygen atoms in total. The molecule has 0 saturated carbocycles. The normalized spacial score (nSPS) is 7.40. The molecule has 0 bridgehead atoms. The second kappa shape index (κ2) is 6.56. The highest BCUT2D eigenvalue weighted by molar-refractivity contribution is 9.08. The smallest absolute Gasteiger partial charge is 0.00848 e. The fourth-order valence-corrected chi connectivity index (χ4v) is 0.589. The minimum Gasteiger partial charge on any atom is -0.0985 e. The molecule has 54 valence electrons. The van der Waals surface area contributed by atoms with Crippen LogP contribution in [0.3, 0.4) is 0 Å². The van der Waals surface area contributed by atoms with Crippen molar-refractivity contribution in [3.63, 3.8) is 0 Å². The number of alkyl halides is 1. The van der Waals surface area contributed by atoms with Crippen molar-refractivity contribution in [3.8, 4) is 0 Å². The molecule has 1 rings (SSSR count). The number of hydrogen-bond acceptors (Lipinski definition) is 0. The summed E-state index contributed by atoms with van der Waals surface area (Å²) in [5.74, 6) is 1.81. The van der Waals surface area contributed by atoms with Gasteiger partial charge in [0.1, 0.15) is 0 Å². The van der Waals surface area contributed by atoms with Gasteiger partial charge in [-0.2, -0.15) is 0 Å². The summed E-state index contributed by atoms with van der Waals surface area (Å²) in [5, 5.41) is 0. The van der Waals surface area contributed by atoms with Gasteiger partial charge in [-0.05, 0) is 11.4 Å². The first-order valence-electron chi connectivity index (χ1n) is 2.99. The molecule has 0 radical (unpaired) electrons. The minimum absolute atomic E-state index is 1.17. The highest BCUT2D eigenvalue weighted by Gasteiger charge is 1.75. The first-order valence-corrected chi connectivity index (χ1v) is 4.57. The zero-order chi connectivity index (χ0) is 7.82. The van der Waals surface area contributed by atoms with Crippen LogP contribution < -0.4 is 0 Å². The van der Waals surface area contributed by atoms with E-state index in [1.165, 1.54) is 5.56 Å². The van der Waals surface area contributed by atoms with Crippen LogP contribution >= 0.6 is 15.9 Å². The molecule has 0 fully saturated rings. The molecule has 0 saturated heterocycles. The summed E-state index contributed by atoms with van der Waals surface area (Å²) in [6.45, 7) is 3.63. The van der Waals surface area contributed by atoms with E-state index in [9.17, 15) is 0 Å². The molecule has 1 aromatic carbocycles. The SMILES string of the molecule is C=Cc1ccccc1.CBr. The topological polar surface area (TPSA) is 0 Å². The number of benzene rings is 1. The Morgan fingerprint density at radius 2 is 1.70 bits per heavy atom. The highest BCUT2D eigenvalue weighted by atomic mass is 79.9. The summed E-state index contributed by atoms with van der Waals surface area (Å²) < 4.78 is 0. The molecule has 0 aromatic heterocycles. The fourth-order valence-electron chi connectivity index (χ4n) is 0.589. The Kier molecular flexibility index (Phi) is 6.19. The molecule has 10 heavy (non-hydrogen) atoms. The molecule has 0 unspecified atom stereocenters. The molecule has 0 heterocycles. The van der Waals surface area contributed by atoms with Crippen molar-refractivity contribution in [1.82, 2.24) is 0 Å². The lowest BCUT2D eigenvalue weighted by Gasteiger charge is -1.85. The van der Waals surface area contributed by atoms with Crippen molar-refractivity contribution in [1.29, 1.82) is 0 Å². The van der Waals surface area contributed by atoms with Crippen molar-refractivity contribution in [2.75, 3.05) is 5.83 Å². The van der Waals surface area contributed by atoms with Crippen LogP contribution in [0.25, 0.3) is 6.08 Å². The summed E-state index contributed by atoms with van der Waals surface area (Å²) in [6, 6.07) is 10.0. The zero-order valence-electron chi connectivity index (χ0n) is 6.05. The monoisotopic (exact) mass is 198 g/mol. The van der Waals surface area contributed by atoms with Crippen molar-refractivity contribution < 1.29 is 0 Å². The van der Waals surface area contributed by atoms with Gasteiger partial charge in [0.05, 0.1) is 0 Å². The third kappa shape index (κ3) is 3.46. The molecule has 0 atom stereocenters. The summed E-state index contributed by atoms with van der Waals surface area (Å²) >= 11 is 2.94. The lowest BCUT2D eigenvalue weighted by molar-refractivity contribution is 1.67. The molecule has 0 N–H and O–H groups in total. The van der Waals surface area contributed by atoms with Gasteiger partial charge in [0, 0.05) is 0 Å². The summed E-state index contributed by atoms with van der Waals surface area (Å²) in [7, 11) is 0. The van der Waals surface area contributed by atoms with E-state index in [2.05, 4.69) is 22.5 Å². The number of rotatable bonds is 1. The Labute approximate surface area is 70.7 Å². The van der Waals surface area contributed by atoms with Gasteiger partial charge in [-0.15, -0.1) is 0 Å². The van der Waals surface area contributed by atoms with Gasteiger partial charge in [-0.3, -0.25) is 0 Å². The lowest BCUT2D eigenvalue weighted by Crippen LogP contribution is -1.63. The van der Waals surface area contributed by atoms with Gasteiger partial charge < -0.3 is 0 Å². The fraction of sp³-hybridized carbons (Fsp3) is 0.111. The lowest BCUT2D eigenvalue weighted by atomic mass is 10.2. The quantitative estimate of drug-likeness (QED) is 0.608. The third-order valence-electron chi connectivity index (χ3n) is 1.04. The molecule has 1 heteroatoms. The predicted octanol–water partition coefficient (Wildman–Crippen LogP) is 3.34. The Bertz CT molecular complexity index is 167. The van der Waals surface area contributed by atoms with Crippen molar-refractivity contribution in [2.24, 2.45) is 0 Å². The molecule has 0 amide bonds. The van der Waals surface area contributed by atoms with Crippen LogP contribution in [0.1, 0.15) is 5.56 Å². The van der Waals surface area contributed by atoms with Crippen molar-refractivity contribution in [3.05, 3.63) is 42.5 Å². The van der Waals surface area contributed by atoms with Crippen LogP contribution in [-0.4, -0.2) is 5.83 Å². The van der Waals surface area contributed by atoms with E-state index >= 15 is 0 Å². The maximum atomic E-state index is 3.63. The van der Waals surface area contributed by atoms with Crippen LogP contribution in [0.5, 0.6) is 0 Å². The van der Waals surface area contributed by atoms with Gasteiger partial charge in [0.2, 0.25) is 0 Å². The Morgan fingerprint density at radius 1 is 1.20 bits per heavy atom. The largest absolute Gasteiger partial charge is 0.0985 e. The Balaban J connectivity index is 0.000000371. The summed E-state index contributed by atoms with van der Waals surface area (Å²) in [4.78, 5) is 0. The van der Waals surface area contributed by atoms with Crippen LogP contribution in [0, 0.1) is 0 Å². The zero-order valence-corrected chi connectivity index (χ0v) is 7.64. The van der Waals surface area contributed by atoms with Crippen LogP contribution in [-0.2, 0) is 0 Å².